The Morgan fingerprint density at radius 2 is 1.80 bits per heavy atom. The predicted octanol–water partition coefficient (Wildman–Crippen LogP) is 1.79. The van der Waals surface area contributed by atoms with Gasteiger partial charge in [0.2, 0.25) is 0 Å². The van der Waals surface area contributed by atoms with Crippen molar-refractivity contribution < 1.29 is 9.47 Å². The van der Waals surface area contributed by atoms with E-state index in [9.17, 15) is 0 Å². The Labute approximate surface area is 62.5 Å². The molecule has 0 radical (unpaired) electrons. The third kappa shape index (κ3) is 1.50. The molecule has 1 unspecified atom stereocenters. The second-order valence-electron chi connectivity index (χ2n) is 3.94. The van der Waals surface area contributed by atoms with E-state index in [0.717, 1.165) is 0 Å². The standard InChI is InChI=1S/C8H16O2/c1-6-7(8(2,3)4)10-5-9-6/h6-7H,5H2,1-4H3/t6-,7?/m1/s1. The van der Waals surface area contributed by atoms with Gasteiger partial charge in [0.05, 0.1) is 12.2 Å². The van der Waals surface area contributed by atoms with Crippen molar-refractivity contribution in [3.63, 3.8) is 0 Å². The minimum absolute atomic E-state index is 0.204. The molecule has 0 bridgehead atoms. The molecule has 0 saturated carbocycles. The van der Waals surface area contributed by atoms with E-state index in [2.05, 4.69) is 27.7 Å². The Hall–Kier alpha value is -0.0800. The van der Waals surface area contributed by atoms with Crippen LogP contribution in [0.1, 0.15) is 27.7 Å². The summed E-state index contributed by atoms with van der Waals surface area (Å²) < 4.78 is 10.7. The van der Waals surface area contributed by atoms with Gasteiger partial charge in [0, 0.05) is 0 Å². The van der Waals surface area contributed by atoms with E-state index in [4.69, 9.17) is 9.47 Å². The molecule has 0 amide bonds. The quantitative estimate of drug-likeness (QED) is 0.516. The van der Waals surface area contributed by atoms with E-state index in [0.29, 0.717) is 6.79 Å². The number of rotatable bonds is 0. The minimum atomic E-state index is 0.204. The molecule has 1 aliphatic heterocycles. The SMILES string of the molecule is C[C@H]1OCOC1C(C)(C)C. The molecule has 2 atom stereocenters. The van der Waals surface area contributed by atoms with Crippen LogP contribution in [-0.4, -0.2) is 19.0 Å². The van der Waals surface area contributed by atoms with Crippen LogP contribution in [0.5, 0.6) is 0 Å². The van der Waals surface area contributed by atoms with Crippen LogP contribution in [0.25, 0.3) is 0 Å². The van der Waals surface area contributed by atoms with Crippen LogP contribution in [0.4, 0.5) is 0 Å². The van der Waals surface area contributed by atoms with Gasteiger partial charge in [-0.05, 0) is 12.3 Å². The van der Waals surface area contributed by atoms with Gasteiger partial charge < -0.3 is 9.47 Å². The number of ether oxygens (including phenoxy) is 2. The molecular weight excluding hydrogens is 128 g/mol. The summed E-state index contributed by atoms with van der Waals surface area (Å²) in [6.07, 6.45) is 0.507. The van der Waals surface area contributed by atoms with Gasteiger partial charge in [-0.1, -0.05) is 20.8 Å². The van der Waals surface area contributed by atoms with Crippen molar-refractivity contribution in [3.05, 3.63) is 0 Å². The van der Waals surface area contributed by atoms with Crippen molar-refractivity contribution in [2.75, 3.05) is 6.79 Å². The van der Waals surface area contributed by atoms with Crippen molar-refractivity contribution in [1.82, 2.24) is 0 Å². The van der Waals surface area contributed by atoms with Gasteiger partial charge in [0.15, 0.2) is 0 Å². The first-order valence-electron chi connectivity index (χ1n) is 3.75. The van der Waals surface area contributed by atoms with E-state index >= 15 is 0 Å². The normalized spacial score (nSPS) is 34.8. The highest BCUT2D eigenvalue weighted by molar-refractivity contribution is 4.81. The Bertz CT molecular complexity index is 115. The summed E-state index contributed by atoms with van der Waals surface area (Å²) in [5.74, 6) is 0. The van der Waals surface area contributed by atoms with Crippen LogP contribution in [-0.2, 0) is 9.47 Å². The summed E-state index contributed by atoms with van der Waals surface area (Å²) in [5.41, 5.74) is 0.204. The van der Waals surface area contributed by atoms with Gasteiger partial charge in [-0.15, -0.1) is 0 Å². The second kappa shape index (κ2) is 2.51. The van der Waals surface area contributed by atoms with Gasteiger partial charge >= 0.3 is 0 Å². The fraction of sp³-hybridized carbons (Fsp3) is 1.00. The van der Waals surface area contributed by atoms with Crippen LogP contribution in [0.2, 0.25) is 0 Å². The zero-order valence-corrected chi connectivity index (χ0v) is 7.18. The van der Waals surface area contributed by atoms with Crippen molar-refractivity contribution in [2.45, 2.75) is 39.9 Å². The summed E-state index contributed by atoms with van der Waals surface area (Å²) in [5, 5.41) is 0. The van der Waals surface area contributed by atoms with Gasteiger partial charge in [-0.25, -0.2) is 0 Å². The molecule has 1 rings (SSSR count). The fourth-order valence-corrected chi connectivity index (χ4v) is 1.40. The van der Waals surface area contributed by atoms with Crippen molar-refractivity contribution >= 4 is 0 Å². The van der Waals surface area contributed by atoms with Gasteiger partial charge in [-0.2, -0.15) is 0 Å². The lowest BCUT2D eigenvalue weighted by Crippen LogP contribution is -2.33. The average Bonchev–Trinajstić information content (AvgIpc) is 2.11. The average molecular weight is 144 g/mol. The van der Waals surface area contributed by atoms with Gasteiger partial charge in [0.25, 0.3) is 0 Å². The smallest absolute Gasteiger partial charge is 0.147 e. The van der Waals surface area contributed by atoms with E-state index in [1.165, 1.54) is 0 Å². The molecule has 10 heavy (non-hydrogen) atoms. The molecule has 2 nitrogen and oxygen atoms in total. The summed E-state index contributed by atoms with van der Waals surface area (Å²) in [6, 6.07) is 0. The molecule has 0 aliphatic carbocycles. The monoisotopic (exact) mass is 144 g/mol. The highest BCUT2D eigenvalue weighted by Crippen LogP contribution is 2.29. The third-order valence-corrected chi connectivity index (χ3v) is 1.86. The molecule has 1 saturated heterocycles. The number of hydrogen-bond donors (Lipinski definition) is 0. The van der Waals surface area contributed by atoms with Gasteiger partial charge in [0.1, 0.15) is 6.79 Å². The van der Waals surface area contributed by atoms with Crippen molar-refractivity contribution in [3.8, 4) is 0 Å². The predicted molar refractivity (Wildman–Crippen MR) is 39.7 cm³/mol. The van der Waals surface area contributed by atoms with Crippen LogP contribution in [0, 0.1) is 5.41 Å². The minimum Gasteiger partial charge on any atom is -0.350 e. The van der Waals surface area contributed by atoms with Crippen molar-refractivity contribution in [2.24, 2.45) is 5.41 Å². The first-order chi connectivity index (χ1) is 4.52. The largest absolute Gasteiger partial charge is 0.350 e. The molecule has 0 aromatic heterocycles. The molecule has 1 fully saturated rings. The Kier molecular flexibility index (Phi) is 2.02. The molecule has 1 aliphatic rings. The maximum atomic E-state index is 5.41. The molecule has 1 heterocycles. The first kappa shape index (κ1) is 8.02. The topological polar surface area (TPSA) is 18.5 Å². The van der Waals surface area contributed by atoms with Crippen molar-refractivity contribution in [1.29, 1.82) is 0 Å². The molecule has 2 heteroatoms. The molecule has 60 valence electrons. The van der Waals surface area contributed by atoms with Crippen LogP contribution < -0.4 is 0 Å². The maximum Gasteiger partial charge on any atom is 0.147 e. The zero-order valence-electron chi connectivity index (χ0n) is 7.18. The summed E-state index contributed by atoms with van der Waals surface area (Å²) in [6.45, 7) is 9.03. The molecule has 0 spiro atoms. The first-order valence-corrected chi connectivity index (χ1v) is 3.75. The lowest BCUT2D eigenvalue weighted by atomic mass is 9.86. The summed E-state index contributed by atoms with van der Waals surface area (Å²) in [4.78, 5) is 0. The lowest BCUT2D eigenvalue weighted by Gasteiger charge is -2.27. The van der Waals surface area contributed by atoms with Crippen LogP contribution in [0.15, 0.2) is 0 Å². The highest BCUT2D eigenvalue weighted by Gasteiger charge is 2.35. The Morgan fingerprint density at radius 1 is 1.20 bits per heavy atom. The van der Waals surface area contributed by atoms with Crippen LogP contribution in [0.3, 0.4) is 0 Å². The Balaban J connectivity index is 2.55. The van der Waals surface area contributed by atoms with Crippen LogP contribution >= 0.6 is 0 Å². The number of hydrogen-bond acceptors (Lipinski definition) is 2. The highest BCUT2D eigenvalue weighted by atomic mass is 16.7. The van der Waals surface area contributed by atoms with E-state index in [-0.39, 0.29) is 17.6 Å². The Morgan fingerprint density at radius 3 is 2.00 bits per heavy atom. The molecule has 0 N–H and O–H groups in total. The summed E-state index contributed by atoms with van der Waals surface area (Å²) in [7, 11) is 0. The van der Waals surface area contributed by atoms with E-state index in [1.54, 1.807) is 0 Å². The lowest BCUT2D eigenvalue weighted by molar-refractivity contribution is 0.00930. The second-order valence-corrected chi connectivity index (χ2v) is 3.94. The van der Waals surface area contributed by atoms with Gasteiger partial charge in [-0.3, -0.25) is 0 Å². The summed E-state index contributed by atoms with van der Waals surface area (Å²) >= 11 is 0. The fourth-order valence-electron chi connectivity index (χ4n) is 1.40. The third-order valence-electron chi connectivity index (χ3n) is 1.86. The van der Waals surface area contributed by atoms with E-state index < -0.39 is 0 Å². The van der Waals surface area contributed by atoms with E-state index in [1.807, 2.05) is 0 Å². The molecule has 0 aromatic carbocycles. The maximum absolute atomic E-state index is 5.41. The molecule has 0 aromatic rings. The molecular formula is C8H16O2. The zero-order chi connectivity index (χ0) is 7.78.